The molecule has 5 heteroatoms. The maximum absolute atomic E-state index is 12.8. The number of benzene rings is 1. The van der Waals surface area contributed by atoms with Gasteiger partial charge in [-0.15, -0.1) is 0 Å². The van der Waals surface area contributed by atoms with Crippen molar-refractivity contribution < 1.29 is 9.53 Å². The number of hydrogen-bond acceptors (Lipinski definition) is 4. The molecule has 24 heavy (non-hydrogen) atoms. The van der Waals surface area contributed by atoms with Crippen LogP contribution in [0.5, 0.6) is 0 Å². The zero-order chi connectivity index (χ0) is 16.8. The number of amides is 1. The van der Waals surface area contributed by atoms with E-state index in [4.69, 9.17) is 10.5 Å². The van der Waals surface area contributed by atoms with Crippen molar-refractivity contribution in [2.75, 3.05) is 43.1 Å². The molecule has 2 saturated heterocycles. The summed E-state index contributed by atoms with van der Waals surface area (Å²) in [4.78, 5) is 15.2. The lowest BCUT2D eigenvalue weighted by Gasteiger charge is -2.34. The fraction of sp³-hybridized carbons (Fsp3) is 0.632. The summed E-state index contributed by atoms with van der Waals surface area (Å²) in [7, 11) is 0. The molecule has 132 valence electrons. The summed E-state index contributed by atoms with van der Waals surface area (Å²) in [6.45, 7) is 3.79. The van der Waals surface area contributed by atoms with Crippen LogP contribution in [-0.2, 0) is 9.53 Å². The molecule has 0 atom stereocenters. The second-order valence-electron chi connectivity index (χ2n) is 7.00. The molecule has 0 spiro atoms. The van der Waals surface area contributed by atoms with E-state index in [9.17, 15) is 4.79 Å². The van der Waals surface area contributed by atoms with E-state index in [-0.39, 0.29) is 5.91 Å². The molecule has 2 aliphatic heterocycles. The van der Waals surface area contributed by atoms with Crippen LogP contribution < -0.4 is 16.0 Å². The third-order valence-corrected chi connectivity index (χ3v) is 5.40. The Labute approximate surface area is 144 Å². The number of ether oxygens (including phenoxy) is 1. The number of nitrogens with zero attached hydrogens (tertiary/aromatic N) is 1. The molecule has 2 fully saturated rings. The molecule has 1 aromatic carbocycles. The van der Waals surface area contributed by atoms with Crippen LogP contribution in [0.4, 0.5) is 11.4 Å². The third-order valence-electron chi connectivity index (χ3n) is 5.40. The minimum atomic E-state index is -0.489. The van der Waals surface area contributed by atoms with Crippen molar-refractivity contribution in [1.82, 2.24) is 0 Å². The number of anilines is 2. The Kier molecular flexibility index (Phi) is 5.74. The highest BCUT2D eigenvalue weighted by molar-refractivity contribution is 5.96. The SMILES string of the molecule is NCC1(C(=O)Nc2cccc(N3CCCCCC3)c2)CCOCC1. The van der Waals surface area contributed by atoms with E-state index in [2.05, 4.69) is 22.3 Å². The Morgan fingerprint density at radius 3 is 2.54 bits per heavy atom. The van der Waals surface area contributed by atoms with Gasteiger partial charge in [0.2, 0.25) is 5.91 Å². The molecule has 0 saturated carbocycles. The second kappa shape index (κ2) is 7.99. The van der Waals surface area contributed by atoms with Crippen LogP contribution in [0.2, 0.25) is 0 Å². The molecule has 0 bridgehead atoms. The number of rotatable bonds is 4. The van der Waals surface area contributed by atoms with E-state index in [1.54, 1.807) is 0 Å². The highest BCUT2D eigenvalue weighted by Crippen LogP contribution is 2.31. The van der Waals surface area contributed by atoms with Crippen molar-refractivity contribution in [3.63, 3.8) is 0 Å². The second-order valence-corrected chi connectivity index (χ2v) is 7.00. The summed E-state index contributed by atoms with van der Waals surface area (Å²) < 4.78 is 5.40. The molecule has 1 aromatic rings. The van der Waals surface area contributed by atoms with Gasteiger partial charge in [0.1, 0.15) is 0 Å². The average molecular weight is 331 g/mol. The lowest BCUT2D eigenvalue weighted by molar-refractivity contribution is -0.130. The Morgan fingerprint density at radius 2 is 1.88 bits per heavy atom. The molecule has 3 rings (SSSR count). The number of hydrogen-bond donors (Lipinski definition) is 2. The van der Waals surface area contributed by atoms with Gasteiger partial charge in [-0.3, -0.25) is 4.79 Å². The zero-order valence-electron chi connectivity index (χ0n) is 14.4. The molecule has 1 amide bonds. The Balaban J connectivity index is 1.70. The molecule has 0 unspecified atom stereocenters. The Morgan fingerprint density at radius 1 is 1.17 bits per heavy atom. The Hall–Kier alpha value is -1.59. The van der Waals surface area contributed by atoms with Gasteiger partial charge in [-0.05, 0) is 43.9 Å². The first-order valence-electron chi connectivity index (χ1n) is 9.18. The van der Waals surface area contributed by atoms with Crippen LogP contribution in [0.1, 0.15) is 38.5 Å². The lowest BCUT2D eigenvalue weighted by Crippen LogP contribution is -2.46. The van der Waals surface area contributed by atoms with Crippen LogP contribution in [0, 0.1) is 5.41 Å². The predicted octanol–water partition coefficient (Wildman–Crippen LogP) is 2.76. The summed E-state index contributed by atoms with van der Waals surface area (Å²) in [5.41, 5.74) is 7.50. The van der Waals surface area contributed by atoms with Crippen LogP contribution in [0.15, 0.2) is 24.3 Å². The predicted molar refractivity (Wildman–Crippen MR) is 97.3 cm³/mol. The molecular formula is C19H29N3O2. The third kappa shape index (κ3) is 3.90. The van der Waals surface area contributed by atoms with Crippen molar-refractivity contribution in [1.29, 1.82) is 0 Å². The molecular weight excluding hydrogens is 302 g/mol. The van der Waals surface area contributed by atoms with Gasteiger partial charge in [0.05, 0.1) is 5.41 Å². The van der Waals surface area contributed by atoms with Gasteiger partial charge in [-0.2, -0.15) is 0 Å². The monoisotopic (exact) mass is 331 g/mol. The van der Waals surface area contributed by atoms with E-state index in [1.165, 1.54) is 31.4 Å². The van der Waals surface area contributed by atoms with Gasteiger partial charge in [0.25, 0.3) is 0 Å². The molecule has 2 heterocycles. The maximum Gasteiger partial charge on any atom is 0.232 e. The number of nitrogens with one attached hydrogen (secondary N) is 1. The van der Waals surface area contributed by atoms with Crippen molar-refractivity contribution in [3.8, 4) is 0 Å². The number of carbonyl (C=O) groups excluding carboxylic acids is 1. The van der Waals surface area contributed by atoms with E-state index in [0.29, 0.717) is 32.6 Å². The largest absolute Gasteiger partial charge is 0.381 e. The molecule has 0 radical (unpaired) electrons. The van der Waals surface area contributed by atoms with Crippen molar-refractivity contribution in [3.05, 3.63) is 24.3 Å². The van der Waals surface area contributed by atoms with Crippen molar-refractivity contribution in [2.24, 2.45) is 11.1 Å². The molecule has 5 nitrogen and oxygen atoms in total. The van der Waals surface area contributed by atoms with Crippen molar-refractivity contribution >= 4 is 17.3 Å². The topological polar surface area (TPSA) is 67.6 Å². The summed E-state index contributed by atoms with van der Waals surface area (Å²) in [5.74, 6) is 0.0290. The minimum absolute atomic E-state index is 0.0290. The average Bonchev–Trinajstić information content (AvgIpc) is 2.92. The fourth-order valence-electron chi connectivity index (χ4n) is 3.66. The van der Waals surface area contributed by atoms with Gasteiger partial charge in [0.15, 0.2) is 0 Å². The summed E-state index contributed by atoms with van der Waals surface area (Å²) in [6, 6.07) is 8.21. The van der Waals surface area contributed by atoms with E-state index in [0.717, 1.165) is 18.8 Å². The fourth-order valence-corrected chi connectivity index (χ4v) is 3.66. The summed E-state index contributed by atoms with van der Waals surface area (Å²) in [6.07, 6.45) is 6.50. The molecule has 0 aromatic heterocycles. The van der Waals surface area contributed by atoms with Gasteiger partial charge < -0.3 is 20.7 Å². The van der Waals surface area contributed by atoms with E-state index >= 15 is 0 Å². The van der Waals surface area contributed by atoms with Gasteiger partial charge >= 0.3 is 0 Å². The maximum atomic E-state index is 12.8. The van der Waals surface area contributed by atoms with Crippen LogP contribution in [0.3, 0.4) is 0 Å². The molecule has 3 N–H and O–H groups in total. The number of nitrogens with two attached hydrogens (primary N) is 1. The van der Waals surface area contributed by atoms with Gasteiger partial charge in [-0.1, -0.05) is 18.9 Å². The molecule has 2 aliphatic rings. The summed E-state index contributed by atoms with van der Waals surface area (Å²) in [5, 5.41) is 3.10. The van der Waals surface area contributed by atoms with Crippen LogP contribution in [-0.4, -0.2) is 38.8 Å². The standard InChI is InChI=1S/C19H29N3O2/c20-15-19(8-12-24-13-9-19)18(23)21-16-6-5-7-17(14-16)22-10-3-1-2-4-11-22/h5-7,14H,1-4,8-13,15,20H2,(H,21,23). The highest BCUT2D eigenvalue weighted by Gasteiger charge is 2.38. The first-order chi connectivity index (χ1) is 11.7. The first-order valence-corrected chi connectivity index (χ1v) is 9.18. The highest BCUT2D eigenvalue weighted by atomic mass is 16.5. The van der Waals surface area contributed by atoms with Crippen LogP contribution in [0.25, 0.3) is 0 Å². The minimum Gasteiger partial charge on any atom is -0.381 e. The van der Waals surface area contributed by atoms with E-state index in [1.807, 2.05) is 12.1 Å². The van der Waals surface area contributed by atoms with Gasteiger partial charge in [0, 0.05) is 44.2 Å². The van der Waals surface area contributed by atoms with Gasteiger partial charge in [-0.25, -0.2) is 0 Å². The normalized spacial score (nSPS) is 21.1. The first kappa shape index (κ1) is 17.2. The number of carbonyl (C=O) groups is 1. The lowest BCUT2D eigenvalue weighted by atomic mass is 9.79. The van der Waals surface area contributed by atoms with Crippen molar-refractivity contribution in [2.45, 2.75) is 38.5 Å². The van der Waals surface area contributed by atoms with Crippen LogP contribution >= 0.6 is 0 Å². The summed E-state index contributed by atoms with van der Waals surface area (Å²) >= 11 is 0. The zero-order valence-corrected chi connectivity index (χ0v) is 14.4. The van der Waals surface area contributed by atoms with E-state index < -0.39 is 5.41 Å². The Bertz CT molecular complexity index is 547. The molecule has 0 aliphatic carbocycles. The smallest absolute Gasteiger partial charge is 0.232 e. The quantitative estimate of drug-likeness (QED) is 0.890.